The van der Waals surface area contributed by atoms with Crippen molar-refractivity contribution in [1.29, 1.82) is 0 Å². The molecule has 0 amide bonds. The maximum atomic E-state index is 3.57. The molecule has 1 aromatic heterocycles. The van der Waals surface area contributed by atoms with Crippen LogP contribution >= 0.6 is 31.9 Å². The van der Waals surface area contributed by atoms with Gasteiger partial charge in [0.15, 0.2) is 0 Å². The summed E-state index contributed by atoms with van der Waals surface area (Å²) in [6.45, 7) is 6.68. The van der Waals surface area contributed by atoms with Crippen LogP contribution in [0.25, 0.3) is 10.9 Å². The highest BCUT2D eigenvalue weighted by Crippen LogP contribution is 2.35. The Bertz CT molecular complexity index is 506. The molecule has 0 saturated carbocycles. The van der Waals surface area contributed by atoms with Crippen molar-refractivity contribution in [3.63, 3.8) is 0 Å². The molecule has 15 heavy (non-hydrogen) atoms. The summed E-state index contributed by atoms with van der Waals surface area (Å²) in [5, 5.41) is 1.28. The highest BCUT2D eigenvalue weighted by molar-refractivity contribution is 9.11. The van der Waals surface area contributed by atoms with Crippen molar-refractivity contribution in [2.24, 2.45) is 0 Å². The molecular formula is C12H13Br2N. The van der Waals surface area contributed by atoms with E-state index in [0.717, 1.165) is 8.95 Å². The number of H-pyrrole nitrogens is 1. The highest BCUT2D eigenvalue weighted by Gasteiger charge is 2.19. The van der Waals surface area contributed by atoms with Crippen LogP contribution in [0.1, 0.15) is 26.3 Å². The quantitative estimate of drug-likeness (QED) is 0.700. The van der Waals surface area contributed by atoms with Gasteiger partial charge >= 0.3 is 0 Å². The molecule has 0 aliphatic rings. The molecule has 1 heterocycles. The molecule has 3 heteroatoms. The minimum atomic E-state index is 0.165. The molecule has 80 valence electrons. The predicted molar refractivity (Wildman–Crippen MR) is 72.4 cm³/mol. The third kappa shape index (κ3) is 2.00. The lowest BCUT2D eigenvalue weighted by molar-refractivity contribution is 0.596. The van der Waals surface area contributed by atoms with Gasteiger partial charge in [-0.15, -0.1) is 0 Å². The first-order chi connectivity index (χ1) is 6.89. The van der Waals surface area contributed by atoms with Crippen LogP contribution in [0.3, 0.4) is 0 Å². The number of hydrogen-bond acceptors (Lipinski definition) is 0. The van der Waals surface area contributed by atoms with E-state index in [2.05, 4.69) is 75.9 Å². The number of benzene rings is 1. The van der Waals surface area contributed by atoms with Crippen LogP contribution in [-0.4, -0.2) is 4.98 Å². The molecule has 0 aliphatic carbocycles. The highest BCUT2D eigenvalue weighted by atomic mass is 79.9. The first kappa shape index (κ1) is 11.2. The van der Waals surface area contributed by atoms with Gasteiger partial charge in [-0.1, -0.05) is 36.7 Å². The van der Waals surface area contributed by atoms with E-state index in [4.69, 9.17) is 0 Å². The Morgan fingerprint density at radius 3 is 2.40 bits per heavy atom. The van der Waals surface area contributed by atoms with Gasteiger partial charge in [0.05, 0.1) is 5.52 Å². The zero-order valence-electron chi connectivity index (χ0n) is 8.99. The fourth-order valence-corrected chi connectivity index (χ4v) is 3.12. The van der Waals surface area contributed by atoms with Gasteiger partial charge in [-0.3, -0.25) is 0 Å². The smallest absolute Gasteiger partial charge is 0.0602 e. The van der Waals surface area contributed by atoms with Crippen molar-refractivity contribution in [3.8, 4) is 0 Å². The Kier molecular flexibility index (Phi) is 2.72. The molecule has 0 aliphatic heterocycles. The first-order valence-corrected chi connectivity index (χ1v) is 6.45. The number of aromatic amines is 1. The van der Waals surface area contributed by atoms with Gasteiger partial charge in [0.2, 0.25) is 0 Å². The molecule has 0 bridgehead atoms. The monoisotopic (exact) mass is 329 g/mol. The van der Waals surface area contributed by atoms with Gasteiger partial charge in [0.1, 0.15) is 0 Å². The minimum Gasteiger partial charge on any atom is -0.360 e. The number of hydrogen-bond donors (Lipinski definition) is 1. The van der Waals surface area contributed by atoms with E-state index in [1.165, 1.54) is 16.5 Å². The lowest BCUT2D eigenvalue weighted by Crippen LogP contribution is -2.09. The summed E-state index contributed by atoms with van der Waals surface area (Å²) in [6, 6.07) is 4.22. The van der Waals surface area contributed by atoms with Crippen molar-refractivity contribution in [3.05, 3.63) is 32.8 Å². The SMILES string of the molecule is CC(C)(C)c1c[nH]c2c(Br)cc(Br)cc12. The van der Waals surface area contributed by atoms with Gasteiger partial charge < -0.3 is 4.98 Å². The van der Waals surface area contributed by atoms with E-state index < -0.39 is 0 Å². The molecule has 2 rings (SSSR count). The van der Waals surface area contributed by atoms with Crippen LogP contribution in [-0.2, 0) is 5.41 Å². The van der Waals surface area contributed by atoms with Gasteiger partial charge in [0, 0.05) is 20.5 Å². The minimum absolute atomic E-state index is 0.165. The molecule has 0 fully saturated rings. The third-order valence-electron chi connectivity index (χ3n) is 2.51. The topological polar surface area (TPSA) is 15.8 Å². The van der Waals surface area contributed by atoms with E-state index in [-0.39, 0.29) is 5.41 Å². The van der Waals surface area contributed by atoms with Crippen LogP contribution in [0.5, 0.6) is 0 Å². The number of nitrogens with one attached hydrogen (secondary N) is 1. The fourth-order valence-electron chi connectivity index (χ4n) is 1.78. The van der Waals surface area contributed by atoms with Gasteiger partial charge in [0.25, 0.3) is 0 Å². The standard InChI is InChI=1S/C12H13Br2N/c1-12(2,3)9-6-15-11-8(9)4-7(13)5-10(11)14/h4-6,15H,1-3H3. The van der Waals surface area contributed by atoms with Crippen molar-refractivity contribution in [2.45, 2.75) is 26.2 Å². The summed E-state index contributed by atoms with van der Waals surface area (Å²) < 4.78 is 2.20. The fraction of sp³-hybridized carbons (Fsp3) is 0.333. The second kappa shape index (κ2) is 3.63. The third-order valence-corrected chi connectivity index (χ3v) is 3.60. The molecule has 0 saturated heterocycles. The summed E-state index contributed by atoms with van der Waals surface area (Å²) in [5.41, 5.74) is 2.68. The van der Waals surface area contributed by atoms with Gasteiger partial charge in [-0.05, 0) is 39.0 Å². The maximum absolute atomic E-state index is 3.57. The van der Waals surface area contributed by atoms with E-state index in [1.54, 1.807) is 0 Å². The lowest BCUT2D eigenvalue weighted by Gasteiger charge is -2.17. The molecular weight excluding hydrogens is 318 g/mol. The largest absolute Gasteiger partial charge is 0.360 e. The zero-order valence-corrected chi connectivity index (χ0v) is 12.2. The summed E-state index contributed by atoms with van der Waals surface area (Å²) in [4.78, 5) is 3.32. The second-order valence-electron chi connectivity index (χ2n) is 4.76. The van der Waals surface area contributed by atoms with E-state index in [1.807, 2.05) is 0 Å². The van der Waals surface area contributed by atoms with Crippen LogP contribution in [0.4, 0.5) is 0 Å². The Labute approximate surface area is 107 Å². The summed E-state index contributed by atoms with van der Waals surface area (Å²) in [7, 11) is 0. The summed E-state index contributed by atoms with van der Waals surface area (Å²) >= 11 is 7.09. The average Bonchev–Trinajstić information content (AvgIpc) is 2.45. The van der Waals surface area contributed by atoms with E-state index in [0.29, 0.717) is 0 Å². The first-order valence-electron chi connectivity index (χ1n) is 4.86. The number of fused-ring (bicyclic) bond motifs is 1. The van der Waals surface area contributed by atoms with E-state index >= 15 is 0 Å². The molecule has 1 N–H and O–H groups in total. The zero-order chi connectivity index (χ0) is 11.2. The molecule has 1 nitrogen and oxygen atoms in total. The second-order valence-corrected chi connectivity index (χ2v) is 6.53. The predicted octanol–water partition coefficient (Wildman–Crippen LogP) is 4.99. The van der Waals surface area contributed by atoms with Gasteiger partial charge in [-0.25, -0.2) is 0 Å². The summed E-state index contributed by atoms with van der Waals surface area (Å²) in [5.74, 6) is 0. The Morgan fingerprint density at radius 2 is 1.80 bits per heavy atom. The van der Waals surface area contributed by atoms with Crippen LogP contribution in [0, 0.1) is 0 Å². The van der Waals surface area contributed by atoms with Crippen molar-refractivity contribution in [1.82, 2.24) is 4.98 Å². The van der Waals surface area contributed by atoms with Gasteiger partial charge in [-0.2, -0.15) is 0 Å². The number of rotatable bonds is 0. The number of halogens is 2. The molecule has 0 unspecified atom stereocenters. The van der Waals surface area contributed by atoms with Crippen molar-refractivity contribution >= 4 is 42.8 Å². The van der Waals surface area contributed by atoms with Crippen molar-refractivity contribution in [2.75, 3.05) is 0 Å². The molecule has 0 spiro atoms. The van der Waals surface area contributed by atoms with Crippen LogP contribution < -0.4 is 0 Å². The Hall–Kier alpha value is -0.280. The van der Waals surface area contributed by atoms with Crippen molar-refractivity contribution < 1.29 is 0 Å². The molecule has 1 aromatic carbocycles. The summed E-state index contributed by atoms with van der Waals surface area (Å²) in [6.07, 6.45) is 2.10. The molecule has 0 atom stereocenters. The lowest BCUT2D eigenvalue weighted by atomic mass is 9.87. The number of aromatic nitrogens is 1. The Morgan fingerprint density at radius 1 is 1.13 bits per heavy atom. The average molecular weight is 331 g/mol. The molecule has 2 aromatic rings. The normalized spacial score (nSPS) is 12.3. The Balaban J connectivity index is 2.80. The maximum Gasteiger partial charge on any atom is 0.0602 e. The molecule has 0 radical (unpaired) electrons. The van der Waals surface area contributed by atoms with Crippen LogP contribution in [0.15, 0.2) is 27.3 Å². The van der Waals surface area contributed by atoms with E-state index in [9.17, 15) is 0 Å². The van der Waals surface area contributed by atoms with Crippen LogP contribution in [0.2, 0.25) is 0 Å².